The molecule has 0 amide bonds. The number of carboxylic acid groups (broad SMARTS) is 1. The molecule has 0 saturated carbocycles. The second-order valence-corrected chi connectivity index (χ2v) is 8.35. The van der Waals surface area contributed by atoms with Crippen molar-refractivity contribution >= 4 is 39.1 Å². The fourth-order valence-electron chi connectivity index (χ4n) is 3.70. The van der Waals surface area contributed by atoms with Gasteiger partial charge in [0.15, 0.2) is 0 Å². The number of aryl methyl sites for hydroxylation is 2. The molecule has 1 aromatic carbocycles. The van der Waals surface area contributed by atoms with Gasteiger partial charge in [-0.15, -0.1) is 11.3 Å². The van der Waals surface area contributed by atoms with Crippen LogP contribution in [0.25, 0.3) is 10.2 Å². The van der Waals surface area contributed by atoms with Gasteiger partial charge in [0.1, 0.15) is 10.7 Å². The van der Waals surface area contributed by atoms with E-state index in [4.69, 9.17) is 21.7 Å². The Labute approximate surface area is 165 Å². The summed E-state index contributed by atoms with van der Waals surface area (Å²) in [6.45, 7) is 0.356. The normalized spacial score (nSPS) is 13.2. The van der Waals surface area contributed by atoms with Crippen molar-refractivity contribution in [2.75, 3.05) is 0 Å². The van der Waals surface area contributed by atoms with Crippen LogP contribution >= 0.6 is 22.9 Å². The maximum absolute atomic E-state index is 13.3. The van der Waals surface area contributed by atoms with Gasteiger partial charge in [-0.3, -0.25) is 14.2 Å². The average Bonchev–Trinajstić information content (AvgIpc) is 3.18. The number of rotatable bonds is 6. The number of fused-ring (bicyclic) bond motifs is 3. The number of halogens is 1. The SMILES string of the molecule is O=C(O)CCCn1c(Cc2cccc(Cl)c2)nc2sc3c(c2c1=O)CCC3. The van der Waals surface area contributed by atoms with Crippen LogP contribution in [0.2, 0.25) is 5.02 Å². The predicted octanol–water partition coefficient (Wildman–Crippen LogP) is 4.06. The van der Waals surface area contributed by atoms with Crippen LogP contribution in [0.4, 0.5) is 0 Å². The van der Waals surface area contributed by atoms with Gasteiger partial charge in [-0.1, -0.05) is 23.7 Å². The maximum Gasteiger partial charge on any atom is 0.303 e. The van der Waals surface area contributed by atoms with Gasteiger partial charge in [0.2, 0.25) is 0 Å². The fraction of sp³-hybridized carbons (Fsp3) is 0.350. The molecule has 3 aromatic rings. The Balaban J connectivity index is 1.79. The molecule has 2 heterocycles. The van der Waals surface area contributed by atoms with Crippen LogP contribution in [-0.4, -0.2) is 20.6 Å². The van der Waals surface area contributed by atoms with E-state index in [9.17, 15) is 9.59 Å². The second kappa shape index (κ2) is 7.44. The minimum Gasteiger partial charge on any atom is -0.481 e. The lowest BCUT2D eigenvalue weighted by Gasteiger charge is -2.13. The Morgan fingerprint density at radius 3 is 2.96 bits per heavy atom. The third-order valence-electron chi connectivity index (χ3n) is 4.93. The number of aromatic nitrogens is 2. The first-order valence-corrected chi connectivity index (χ1v) is 10.2. The molecule has 140 valence electrons. The first-order chi connectivity index (χ1) is 13.0. The van der Waals surface area contributed by atoms with Gasteiger partial charge in [-0.05, 0) is 48.9 Å². The molecule has 1 N–H and O–H groups in total. The molecule has 1 aliphatic rings. The molecule has 0 radical (unpaired) electrons. The van der Waals surface area contributed by atoms with Crippen molar-refractivity contribution in [2.24, 2.45) is 0 Å². The van der Waals surface area contributed by atoms with E-state index in [-0.39, 0.29) is 12.0 Å². The lowest BCUT2D eigenvalue weighted by atomic mass is 10.1. The second-order valence-electron chi connectivity index (χ2n) is 6.83. The summed E-state index contributed by atoms with van der Waals surface area (Å²) in [7, 11) is 0. The van der Waals surface area contributed by atoms with Crippen molar-refractivity contribution in [2.45, 2.75) is 45.1 Å². The first-order valence-electron chi connectivity index (χ1n) is 9.03. The number of aliphatic carboxylic acids is 1. The summed E-state index contributed by atoms with van der Waals surface area (Å²) in [4.78, 5) is 31.0. The Bertz CT molecular complexity index is 1090. The summed E-state index contributed by atoms with van der Waals surface area (Å²) >= 11 is 7.72. The number of benzene rings is 1. The lowest BCUT2D eigenvalue weighted by Crippen LogP contribution is -2.26. The predicted molar refractivity (Wildman–Crippen MR) is 107 cm³/mol. The van der Waals surface area contributed by atoms with Gasteiger partial charge in [0.25, 0.3) is 5.56 Å². The van der Waals surface area contributed by atoms with E-state index in [0.29, 0.717) is 30.2 Å². The molecular formula is C20H19ClN2O3S. The van der Waals surface area contributed by atoms with E-state index in [1.807, 2.05) is 24.3 Å². The number of hydrogen-bond donors (Lipinski definition) is 1. The molecule has 0 spiro atoms. The highest BCUT2D eigenvalue weighted by Crippen LogP contribution is 2.35. The van der Waals surface area contributed by atoms with Crippen LogP contribution in [0.3, 0.4) is 0 Å². The zero-order valence-corrected chi connectivity index (χ0v) is 16.3. The number of nitrogens with zero attached hydrogens (tertiary/aromatic N) is 2. The summed E-state index contributed by atoms with van der Waals surface area (Å²) in [5, 5.41) is 10.3. The van der Waals surface area contributed by atoms with Crippen molar-refractivity contribution in [1.82, 2.24) is 9.55 Å². The number of hydrogen-bond acceptors (Lipinski definition) is 4. The van der Waals surface area contributed by atoms with E-state index >= 15 is 0 Å². The van der Waals surface area contributed by atoms with Crippen LogP contribution in [0.1, 0.15) is 41.1 Å². The Morgan fingerprint density at radius 1 is 1.33 bits per heavy atom. The summed E-state index contributed by atoms with van der Waals surface area (Å²) < 4.78 is 1.66. The minimum absolute atomic E-state index is 0.0306. The quantitative estimate of drug-likeness (QED) is 0.675. The van der Waals surface area contributed by atoms with Crippen molar-refractivity contribution in [3.05, 3.63) is 61.5 Å². The zero-order valence-electron chi connectivity index (χ0n) is 14.7. The van der Waals surface area contributed by atoms with Crippen molar-refractivity contribution in [3.63, 3.8) is 0 Å². The molecule has 4 rings (SSSR count). The molecule has 27 heavy (non-hydrogen) atoms. The van der Waals surface area contributed by atoms with Crippen molar-refractivity contribution in [1.29, 1.82) is 0 Å². The van der Waals surface area contributed by atoms with Gasteiger partial charge < -0.3 is 5.11 Å². The van der Waals surface area contributed by atoms with Gasteiger partial charge in [0, 0.05) is 29.3 Å². The van der Waals surface area contributed by atoms with Crippen LogP contribution in [0, 0.1) is 0 Å². The Hall–Kier alpha value is -2.18. The highest BCUT2D eigenvalue weighted by Gasteiger charge is 2.23. The fourth-order valence-corrected chi connectivity index (χ4v) is 5.19. The largest absolute Gasteiger partial charge is 0.481 e. The average molecular weight is 403 g/mol. The van der Waals surface area contributed by atoms with Gasteiger partial charge in [-0.2, -0.15) is 0 Å². The van der Waals surface area contributed by atoms with E-state index in [2.05, 4.69) is 0 Å². The Morgan fingerprint density at radius 2 is 2.19 bits per heavy atom. The number of thiophene rings is 1. The molecular weight excluding hydrogens is 384 g/mol. The highest BCUT2D eigenvalue weighted by atomic mass is 35.5. The van der Waals surface area contributed by atoms with Gasteiger partial charge in [0.05, 0.1) is 5.39 Å². The van der Waals surface area contributed by atoms with Crippen LogP contribution in [-0.2, 0) is 30.6 Å². The van der Waals surface area contributed by atoms with E-state index in [0.717, 1.165) is 40.6 Å². The highest BCUT2D eigenvalue weighted by molar-refractivity contribution is 7.18. The molecule has 5 nitrogen and oxygen atoms in total. The summed E-state index contributed by atoms with van der Waals surface area (Å²) in [6, 6.07) is 7.51. The lowest BCUT2D eigenvalue weighted by molar-refractivity contribution is -0.137. The first kappa shape index (κ1) is 18.2. The molecule has 0 atom stereocenters. The molecule has 0 saturated heterocycles. The van der Waals surface area contributed by atoms with E-state index < -0.39 is 5.97 Å². The summed E-state index contributed by atoms with van der Waals surface area (Å²) in [5.74, 6) is -0.190. The summed E-state index contributed by atoms with van der Waals surface area (Å²) in [5.41, 5.74) is 2.08. The molecule has 0 bridgehead atoms. The van der Waals surface area contributed by atoms with Crippen molar-refractivity contribution in [3.8, 4) is 0 Å². The van der Waals surface area contributed by atoms with Crippen LogP contribution in [0.15, 0.2) is 29.1 Å². The van der Waals surface area contributed by atoms with Crippen LogP contribution < -0.4 is 5.56 Å². The van der Waals surface area contributed by atoms with Crippen LogP contribution in [0.5, 0.6) is 0 Å². The smallest absolute Gasteiger partial charge is 0.303 e. The molecule has 1 aliphatic carbocycles. The van der Waals surface area contributed by atoms with E-state index in [1.54, 1.807) is 15.9 Å². The van der Waals surface area contributed by atoms with Gasteiger partial charge >= 0.3 is 5.97 Å². The minimum atomic E-state index is -0.857. The van der Waals surface area contributed by atoms with Gasteiger partial charge in [-0.25, -0.2) is 4.98 Å². The summed E-state index contributed by atoms with van der Waals surface area (Å²) in [6.07, 6.45) is 3.94. The molecule has 7 heteroatoms. The zero-order chi connectivity index (χ0) is 19.0. The Kier molecular flexibility index (Phi) is 5.02. The monoisotopic (exact) mass is 402 g/mol. The number of carboxylic acids is 1. The van der Waals surface area contributed by atoms with Crippen molar-refractivity contribution < 1.29 is 9.90 Å². The third-order valence-corrected chi connectivity index (χ3v) is 6.35. The third kappa shape index (κ3) is 3.64. The topological polar surface area (TPSA) is 72.2 Å². The standard InChI is InChI=1S/C20H19ClN2O3S/c21-13-5-1-4-12(10-13)11-16-22-19-18(14-6-2-7-15(14)27-19)20(26)23(16)9-3-8-17(24)25/h1,4-5,10H,2-3,6-9,11H2,(H,24,25). The van der Waals surface area contributed by atoms with E-state index in [1.165, 1.54) is 4.88 Å². The molecule has 2 aromatic heterocycles. The molecule has 0 unspecified atom stereocenters. The number of carbonyl (C=O) groups is 1. The molecule has 0 aliphatic heterocycles. The maximum atomic E-state index is 13.3. The molecule has 0 fully saturated rings.